The van der Waals surface area contributed by atoms with Gasteiger partial charge in [0.15, 0.2) is 0 Å². The minimum atomic E-state index is -1.03. The summed E-state index contributed by atoms with van der Waals surface area (Å²) in [6.45, 7) is 0.183. The summed E-state index contributed by atoms with van der Waals surface area (Å²) >= 11 is 3.34. The number of ketones is 1. The molecule has 3 aromatic carbocycles. The van der Waals surface area contributed by atoms with Crippen molar-refractivity contribution in [1.82, 2.24) is 9.88 Å². The molecular weight excluding hydrogens is 499 g/mol. The van der Waals surface area contributed by atoms with Crippen LogP contribution in [0.5, 0.6) is 0 Å². The van der Waals surface area contributed by atoms with Crippen LogP contribution in [0.25, 0.3) is 16.7 Å². The van der Waals surface area contributed by atoms with Crippen LogP contribution < -0.4 is 0 Å². The molecule has 1 aromatic heterocycles. The van der Waals surface area contributed by atoms with Crippen molar-refractivity contribution in [3.8, 4) is 0 Å². The van der Waals surface area contributed by atoms with Crippen molar-refractivity contribution in [2.45, 2.75) is 12.5 Å². The van der Waals surface area contributed by atoms with Crippen LogP contribution in [-0.2, 0) is 16.0 Å². The molecule has 5 rings (SSSR count). The molecule has 1 aliphatic heterocycles. The van der Waals surface area contributed by atoms with Crippen LogP contribution in [0.1, 0.15) is 22.7 Å². The van der Waals surface area contributed by atoms with Crippen LogP contribution in [0.4, 0.5) is 4.39 Å². The molecule has 4 aromatic rings. The van der Waals surface area contributed by atoms with Gasteiger partial charge in [-0.25, -0.2) is 4.39 Å². The molecule has 1 fully saturated rings. The third-order valence-electron chi connectivity index (χ3n) is 6.15. The Bertz CT molecular complexity index is 1440. The topological polar surface area (TPSA) is 73.4 Å². The van der Waals surface area contributed by atoms with E-state index in [1.807, 2.05) is 30.5 Å². The Labute approximate surface area is 203 Å². The van der Waals surface area contributed by atoms with E-state index in [-0.39, 0.29) is 23.4 Å². The molecule has 0 unspecified atom stereocenters. The predicted octanol–water partition coefficient (Wildman–Crippen LogP) is 5.73. The number of nitrogens with zero attached hydrogens (tertiary/aromatic N) is 1. The number of H-pyrrole nitrogens is 1. The van der Waals surface area contributed by atoms with Gasteiger partial charge in [0.25, 0.3) is 11.7 Å². The Morgan fingerprint density at radius 2 is 1.71 bits per heavy atom. The third kappa shape index (κ3) is 3.82. The molecule has 1 aliphatic rings. The number of halogens is 2. The number of aromatic amines is 1. The first-order valence-corrected chi connectivity index (χ1v) is 11.6. The average Bonchev–Trinajstić information content (AvgIpc) is 3.37. The first-order valence-electron chi connectivity index (χ1n) is 10.8. The second-order valence-corrected chi connectivity index (χ2v) is 9.05. The number of hydrogen-bond acceptors (Lipinski definition) is 3. The summed E-state index contributed by atoms with van der Waals surface area (Å²) in [5, 5.41) is 12.1. The fourth-order valence-corrected chi connectivity index (χ4v) is 4.74. The van der Waals surface area contributed by atoms with E-state index in [9.17, 15) is 19.1 Å². The number of amides is 1. The highest BCUT2D eigenvalue weighted by atomic mass is 79.9. The molecule has 2 N–H and O–H groups in total. The van der Waals surface area contributed by atoms with E-state index in [4.69, 9.17) is 0 Å². The Morgan fingerprint density at radius 1 is 1.00 bits per heavy atom. The van der Waals surface area contributed by atoms with Crippen molar-refractivity contribution in [2.24, 2.45) is 0 Å². The number of fused-ring (bicyclic) bond motifs is 1. The third-order valence-corrected chi connectivity index (χ3v) is 6.68. The number of likely N-dealkylation sites (tertiary alicyclic amines) is 1. The molecule has 170 valence electrons. The zero-order chi connectivity index (χ0) is 23.8. The van der Waals surface area contributed by atoms with Crippen LogP contribution >= 0.6 is 15.9 Å². The average molecular weight is 519 g/mol. The van der Waals surface area contributed by atoms with E-state index < -0.39 is 23.5 Å². The summed E-state index contributed by atoms with van der Waals surface area (Å²) in [5.41, 5.74) is 2.38. The SMILES string of the molecule is O=C1C(=O)N(CCc2c[nH]c3ccccc23)[C@H](c2ccccc2F)C1=C(O)c1ccc(Br)cc1. The molecule has 0 spiro atoms. The maximum atomic E-state index is 14.9. The summed E-state index contributed by atoms with van der Waals surface area (Å²) in [7, 11) is 0. The summed E-state index contributed by atoms with van der Waals surface area (Å²) in [6, 6.07) is 19.5. The highest BCUT2D eigenvalue weighted by Crippen LogP contribution is 2.40. The molecule has 2 heterocycles. The monoisotopic (exact) mass is 518 g/mol. The summed E-state index contributed by atoms with van der Waals surface area (Å²) < 4.78 is 15.7. The van der Waals surface area contributed by atoms with Crippen molar-refractivity contribution < 1.29 is 19.1 Å². The molecule has 7 heteroatoms. The molecule has 34 heavy (non-hydrogen) atoms. The number of aliphatic hydroxyl groups excluding tert-OH is 1. The van der Waals surface area contributed by atoms with E-state index in [1.165, 1.54) is 11.0 Å². The molecule has 0 bridgehead atoms. The molecule has 1 atom stereocenters. The molecular formula is C27H20BrFN2O3. The fourth-order valence-electron chi connectivity index (χ4n) is 4.47. The maximum absolute atomic E-state index is 14.9. The minimum Gasteiger partial charge on any atom is -0.507 e. The van der Waals surface area contributed by atoms with Crippen LogP contribution in [0.2, 0.25) is 0 Å². The fraction of sp³-hybridized carbons (Fsp3) is 0.111. The summed E-state index contributed by atoms with van der Waals surface area (Å²) in [5.74, 6) is -2.46. The lowest BCUT2D eigenvalue weighted by molar-refractivity contribution is -0.139. The predicted molar refractivity (Wildman–Crippen MR) is 132 cm³/mol. The zero-order valence-electron chi connectivity index (χ0n) is 18.0. The minimum absolute atomic E-state index is 0.114. The van der Waals surface area contributed by atoms with Crippen molar-refractivity contribution in [1.29, 1.82) is 0 Å². The number of para-hydroxylation sites is 1. The number of benzene rings is 3. The van der Waals surface area contributed by atoms with E-state index >= 15 is 0 Å². The van der Waals surface area contributed by atoms with Crippen LogP contribution in [-0.4, -0.2) is 33.2 Å². The van der Waals surface area contributed by atoms with Crippen LogP contribution in [0.15, 0.2) is 89.0 Å². The van der Waals surface area contributed by atoms with Gasteiger partial charge in [0.2, 0.25) is 0 Å². The number of carbonyl (C=O) groups is 2. The second kappa shape index (κ2) is 8.91. The highest BCUT2D eigenvalue weighted by Gasteiger charge is 2.46. The van der Waals surface area contributed by atoms with Gasteiger partial charge in [-0.15, -0.1) is 0 Å². The lowest BCUT2D eigenvalue weighted by atomic mass is 9.95. The quantitative estimate of drug-likeness (QED) is 0.201. The van der Waals surface area contributed by atoms with Gasteiger partial charge < -0.3 is 15.0 Å². The van der Waals surface area contributed by atoms with Crippen molar-refractivity contribution >= 4 is 44.3 Å². The van der Waals surface area contributed by atoms with Gasteiger partial charge >= 0.3 is 0 Å². The number of nitrogens with one attached hydrogen (secondary N) is 1. The van der Waals surface area contributed by atoms with Gasteiger partial charge in [-0.3, -0.25) is 9.59 Å². The lowest BCUT2D eigenvalue weighted by Crippen LogP contribution is -2.32. The van der Waals surface area contributed by atoms with Crippen molar-refractivity contribution in [3.63, 3.8) is 0 Å². The van der Waals surface area contributed by atoms with Crippen LogP contribution in [0.3, 0.4) is 0 Å². The molecule has 1 amide bonds. The molecule has 0 radical (unpaired) electrons. The van der Waals surface area contributed by atoms with Gasteiger partial charge in [-0.05, 0) is 36.2 Å². The first kappa shape index (κ1) is 22.1. The zero-order valence-corrected chi connectivity index (χ0v) is 19.5. The number of hydrogen-bond donors (Lipinski definition) is 2. The van der Waals surface area contributed by atoms with E-state index in [2.05, 4.69) is 20.9 Å². The van der Waals surface area contributed by atoms with E-state index in [1.54, 1.807) is 42.5 Å². The molecule has 0 saturated carbocycles. The number of aliphatic hydroxyl groups is 1. The van der Waals surface area contributed by atoms with Gasteiger partial charge in [0.1, 0.15) is 11.6 Å². The Kier molecular flexibility index (Phi) is 5.79. The van der Waals surface area contributed by atoms with Gasteiger partial charge in [0.05, 0.1) is 11.6 Å². The number of carbonyl (C=O) groups excluding carboxylic acids is 2. The molecule has 5 nitrogen and oxygen atoms in total. The van der Waals surface area contributed by atoms with Crippen LogP contribution in [0, 0.1) is 5.82 Å². The number of rotatable bonds is 5. The summed E-state index contributed by atoms with van der Waals surface area (Å²) in [6.07, 6.45) is 2.33. The highest BCUT2D eigenvalue weighted by molar-refractivity contribution is 9.10. The maximum Gasteiger partial charge on any atom is 0.295 e. The lowest BCUT2D eigenvalue weighted by Gasteiger charge is -2.25. The molecule has 0 aliphatic carbocycles. The normalized spacial score (nSPS) is 17.6. The Hall–Kier alpha value is -3.71. The number of Topliss-reactive ketones (excluding diaryl/α,β-unsaturated/α-hetero) is 1. The summed E-state index contributed by atoms with van der Waals surface area (Å²) in [4.78, 5) is 30.8. The van der Waals surface area contributed by atoms with Crippen molar-refractivity contribution in [3.05, 3.63) is 112 Å². The van der Waals surface area contributed by atoms with Gasteiger partial charge in [-0.1, -0.05) is 64.5 Å². The Morgan fingerprint density at radius 3 is 2.47 bits per heavy atom. The number of aromatic nitrogens is 1. The van der Waals surface area contributed by atoms with Gasteiger partial charge in [0, 0.05) is 39.2 Å². The first-order chi connectivity index (χ1) is 16.5. The largest absolute Gasteiger partial charge is 0.507 e. The van der Waals surface area contributed by atoms with Crippen molar-refractivity contribution in [2.75, 3.05) is 6.54 Å². The molecule has 1 saturated heterocycles. The Balaban J connectivity index is 1.58. The standard InChI is InChI=1S/C27H20BrFN2O3/c28-18-11-9-16(10-12-18)25(32)23-24(20-6-1-3-7-21(20)29)31(27(34)26(23)33)14-13-17-15-30-22-8-4-2-5-19(17)22/h1-12,15,24,30,32H,13-14H2/t24-/m1/s1. The smallest absolute Gasteiger partial charge is 0.295 e. The van der Waals surface area contributed by atoms with E-state index in [0.717, 1.165) is 20.9 Å². The van der Waals surface area contributed by atoms with Gasteiger partial charge in [-0.2, -0.15) is 0 Å². The van der Waals surface area contributed by atoms with E-state index in [0.29, 0.717) is 12.0 Å². The second-order valence-electron chi connectivity index (χ2n) is 8.13.